The summed E-state index contributed by atoms with van der Waals surface area (Å²) in [6.07, 6.45) is 1.30. The molecule has 0 aliphatic rings. The van der Waals surface area contributed by atoms with Gasteiger partial charge in [0.2, 0.25) is 5.43 Å². The third-order valence-corrected chi connectivity index (χ3v) is 5.24. The molecule has 2 N–H and O–H groups in total. The summed E-state index contributed by atoms with van der Waals surface area (Å²) in [5, 5.41) is 9.35. The molecule has 0 aliphatic carbocycles. The molecule has 2 aromatic carbocycles. The third kappa shape index (κ3) is 3.09. The highest BCUT2D eigenvalue weighted by Gasteiger charge is 2.18. The molecule has 0 fully saturated rings. The number of carboxylic acids is 1. The van der Waals surface area contributed by atoms with Crippen molar-refractivity contribution in [3.63, 3.8) is 0 Å². The Morgan fingerprint density at radius 2 is 1.74 bits per heavy atom. The topological polar surface area (TPSA) is 92.2 Å². The standard InChI is InChI=1S/C20H14N2O4S/c23-17-15(19(24)25)11-22(18-16(17)21-20(26)27-18)10-13-8-4-5-9-14(13)12-6-2-1-3-7-12/h1-9,11H,10H2,(H,21,26)(H,24,25). The number of thiazole rings is 1. The number of hydrogen-bond donors (Lipinski definition) is 2. The van der Waals surface area contributed by atoms with Gasteiger partial charge in [0.15, 0.2) is 0 Å². The van der Waals surface area contributed by atoms with Gasteiger partial charge in [0.05, 0.1) is 0 Å². The molecule has 0 bridgehead atoms. The molecule has 4 rings (SSSR count). The maximum Gasteiger partial charge on any atom is 0.341 e. The predicted molar refractivity (Wildman–Crippen MR) is 105 cm³/mol. The molecule has 0 amide bonds. The monoisotopic (exact) mass is 378 g/mol. The first kappa shape index (κ1) is 17.0. The second-order valence-electron chi connectivity index (χ2n) is 6.02. The minimum atomic E-state index is -1.32. The summed E-state index contributed by atoms with van der Waals surface area (Å²) in [5.74, 6) is -1.32. The van der Waals surface area contributed by atoms with Crippen molar-refractivity contribution in [2.45, 2.75) is 6.54 Å². The van der Waals surface area contributed by atoms with Gasteiger partial charge in [0.1, 0.15) is 15.9 Å². The van der Waals surface area contributed by atoms with E-state index in [9.17, 15) is 19.5 Å². The predicted octanol–water partition coefficient (Wildman–Crippen LogP) is 3.16. The van der Waals surface area contributed by atoms with E-state index in [1.807, 2.05) is 54.6 Å². The van der Waals surface area contributed by atoms with E-state index in [-0.39, 0.29) is 11.1 Å². The number of carbonyl (C=O) groups is 1. The van der Waals surface area contributed by atoms with Crippen LogP contribution in [0.2, 0.25) is 0 Å². The van der Waals surface area contributed by atoms with Crippen LogP contribution < -0.4 is 10.3 Å². The fraction of sp³-hybridized carbons (Fsp3) is 0.0500. The zero-order valence-electron chi connectivity index (χ0n) is 14.0. The summed E-state index contributed by atoms with van der Waals surface area (Å²) in [4.78, 5) is 38.1. The number of aromatic carboxylic acids is 1. The van der Waals surface area contributed by atoms with Gasteiger partial charge in [-0.2, -0.15) is 0 Å². The van der Waals surface area contributed by atoms with E-state index in [1.54, 1.807) is 4.57 Å². The normalized spacial score (nSPS) is 11.0. The van der Waals surface area contributed by atoms with Crippen molar-refractivity contribution in [3.05, 3.63) is 91.8 Å². The Labute approximate surface area is 157 Å². The van der Waals surface area contributed by atoms with E-state index in [2.05, 4.69) is 4.98 Å². The van der Waals surface area contributed by atoms with E-state index in [4.69, 9.17) is 0 Å². The molecule has 0 saturated carbocycles. The Kier molecular flexibility index (Phi) is 4.21. The largest absolute Gasteiger partial charge is 0.477 e. The van der Waals surface area contributed by atoms with E-state index in [0.717, 1.165) is 28.0 Å². The number of hydrogen-bond acceptors (Lipinski definition) is 4. The Hall–Kier alpha value is -3.45. The van der Waals surface area contributed by atoms with Crippen LogP contribution in [0.5, 0.6) is 0 Å². The smallest absolute Gasteiger partial charge is 0.341 e. The van der Waals surface area contributed by atoms with Gasteiger partial charge in [0.25, 0.3) is 0 Å². The molecule has 0 spiro atoms. The van der Waals surface area contributed by atoms with Crippen LogP contribution in [0.4, 0.5) is 0 Å². The van der Waals surface area contributed by atoms with Crippen molar-refractivity contribution >= 4 is 27.7 Å². The number of nitrogens with one attached hydrogen (secondary N) is 1. The van der Waals surface area contributed by atoms with Gasteiger partial charge >= 0.3 is 10.8 Å². The van der Waals surface area contributed by atoms with Crippen molar-refractivity contribution in [2.75, 3.05) is 0 Å². The van der Waals surface area contributed by atoms with Crippen molar-refractivity contribution in [2.24, 2.45) is 0 Å². The zero-order chi connectivity index (χ0) is 19.0. The van der Waals surface area contributed by atoms with Gasteiger partial charge < -0.3 is 14.7 Å². The molecule has 134 valence electrons. The first-order chi connectivity index (χ1) is 13.0. The van der Waals surface area contributed by atoms with Crippen molar-refractivity contribution in [1.82, 2.24) is 9.55 Å². The minimum absolute atomic E-state index is 0.0297. The number of pyridine rings is 1. The summed E-state index contributed by atoms with van der Waals surface area (Å²) in [6.45, 7) is 0.329. The molecule has 27 heavy (non-hydrogen) atoms. The number of H-pyrrole nitrogens is 1. The number of carboxylic acid groups (broad SMARTS) is 1. The molecular formula is C20H14N2O4S. The van der Waals surface area contributed by atoms with Crippen molar-refractivity contribution in [3.8, 4) is 11.1 Å². The van der Waals surface area contributed by atoms with Gasteiger partial charge in [-0.1, -0.05) is 65.9 Å². The summed E-state index contributed by atoms with van der Waals surface area (Å²) in [6, 6.07) is 17.6. The maximum atomic E-state index is 12.3. The van der Waals surface area contributed by atoms with E-state index in [1.165, 1.54) is 6.20 Å². The van der Waals surface area contributed by atoms with E-state index in [0.29, 0.717) is 11.4 Å². The van der Waals surface area contributed by atoms with E-state index < -0.39 is 16.3 Å². The lowest BCUT2D eigenvalue weighted by Crippen LogP contribution is -2.19. The van der Waals surface area contributed by atoms with Gasteiger partial charge in [0, 0.05) is 12.7 Å². The van der Waals surface area contributed by atoms with Crippen LogP contribution in [0, 0.1) is 0 Å². The highest BCUT2D eigenvalue weighted by Crippen LogP contribution is 2.25. The molecular weight excluding hydrogens is 364 g/mol. The van der Waals surface area contributed by atoms with Crippen LogP contribution >= 0.6 is 11.3 Å². The highest BCUT2D eigenvalue weighted by molar-refractivity contribution is 7.16. The number of fused-ring (bicyclic) bond motifs is 1. The first-order valence-corrected chi connectivity index (χ1v) is 8.99. The summed E-state index contributed by atoms with van der Waals surface area (Å²) in [7, 11) is 0. The maximum absolute atomic E-state index is 12.3. The minimum Gasteiger partial charge on any atom is -0.477 e. The lowest BCUT2D eigenvalue weighted by Gasteiger charge is -2.13. The Morgan fingerprint density at radius 3 is 2.48 bits per heavy atom. The number of aromatic nitrogens is 2. The number of aromatic amines is 1. The van der Waals surface area contributed by atoms with Crippen molar-refractivity contribution in [1.29, 1.82) is 0 Å². The SMILES string of the molecule is O=C(O)c1cn(Cc2ccccc2-c2ccccc2)c2sc(=O)[nH]c2c1=O. The lowest BCUT2D eigenvalue weighted by molar-refractivity contribution is 0.0695. The average Bonchev–Trinajstić information content (AvgIpc) is 3.07. The average molecular weight is 378 g/mol. The molecule has 0 radical (unpaired) electrons. The summed E-state index contributed by atoms with van der Waals surface area (Å²) < 4.78 is 1.64. The lowest BCUT2D eigenvalue weighted by atomic mass is 9.99. The summed E-state index contributed by atoms with van der Waals surface area (Å²) >= 11 is 0.893. The Balaban J connectivity index is 1.91. The van der Waals surface area contributed by atoms with Crippen LogP contribution in [-0.4, -0.2) is 20.6 Å². The van der Waals surface area contributed by atoms with Crippen LogP contribution in [0.25, 0.3) is 21.5 Å². The second kappa shape index (κ2) is 6.69. The number of nitrogens with zero attached hydrogens (tertiary/aromatic N) is 1. The van der Waals surface area contributed by atoms with Gasteiger partial charge in [-0.05, 0) is 16.7 Å². The molecule has 6 nitrogen and oxygen atoms in total. The van der Waals surface area contributed by atoms with Crippen LogP contribution in [-0.2, 0) is 6.54 Å². The fourth-order valence-electron chi connectivity index (χ4n) is 3.09. The Bertz CT molecular complexity index is 1270. The van der Waals surface area contributed by atoms with Gasteiger partial charge in [-0.15, -0.1) is 0 Å². The first-order valence-electron chi connectivity index (χ1n) is 8.17. The number of benzene rings is 2. The molecule has 7 heteroatoms. The van der Waals surface area contributed by atoms with Crippen LogP contribution in [0.3, 0.4) is 0 Å². The summed E-state index contributed by atoms with van der Waals surface area (Å²) in [5.41, 5.74) is 1.97. The molecule has 2 aromatic heterocycles. The third-order valence-electron chi connectivity index (χ3n) is 4.32. The Morgan fingerprint density at radius 1 is 1.04 bits per heavy atom. The van der Waals surface area contributed by atoms with Crippen LogP contribution in [0.1, 0.15) is 15.9 Å². The molecule has 0 saturated heterocycles. The number of rotatable bonds is 4. The van der Waals surface area contributed by atoms with E-state index >= 15 is 0 Å². The van der Waals surface area contributed by atoms with Crippen molar-refractivity contribution < 1.29 is 9.90 Å². The molecule has 4 aromatic rings. The van der Waals surface area contributed by atoms with Crippen LogP contribution in [0.15, 0.2) is 70.4 Å². The molecule has 0 unspecified atom stereocenters. The van der Waals surface area contributed by atoms with Gasteiger partial charge in [-0.3, -0.25) is 9.59 Å². The quantitative estimate of drug-likeness (QED) is 0.571. The molecule has 0 atom stereocenters. The zero-order valence-corrected chi connectivity index (χ0v) is 14.8. The molecule has 0 aliphatic heterocycles. The molecule has 2 heterocycles. The second-order valence-corrected chi connectivity index (χ2v) is 6.98. The van der Waals surface area contributed by atoms with Gasteiger partial charge in [-0.25, -0.2) is 4.79 Å². The highest BCUT2D eigenvalue weighted by atomic mass is 32.1. The fourth-order valence-corrected chi connectivity index (χ4v) is 3.90.